The molecule has 214 valence electrons. The Hall–Kier alpha value is -4.19. The Bertz CT molecular complexity index is 1630. The van der Waals surface area contributed by atoms with Crippen molar-refractivity contribution in [2.24, 2.45) is 5.92 Å². The zero-order valence-corrected chi connectivity index (χ0v) is 22.0. The molecule has 1 saturated carbocycles. The average Bonchev–Trinajstić information content (AvgIpc) is 3.60. The molecule has 41 heavy (non-hydrogen) atoms. The number of benzene rings is 2. The van der Waals surface area contributed by atoms with Crippen LogP contribution in [0, 0.1) is 16.0 Å². The molecule has 9 nitrogen and oxygen atoms in total. The largest absolute Gasteiger partial charge is 0.480 e. The van der Waals surface area contributed by atoms with Gasteiger partial charge in [0.1, 0.15) is 12.0 Å². The van der Waals surface area contributed by atoms with E-state index in [2.05, 4.69) is 5.10 Å². The summed E-state index contributed by atoms with van der Waals surface area (Å²) >= 11 is 0. The normalized spacial score (nSPS) is 17.3. The lowest BCUT2D eigenvalue weighted by Gasteiger charge is -2.41. The molecule has 0 spiro atoms. The first-order valence-corrected chi connectivity index (χ1v) is 13.4. The number of alkyl halides is 3. The summed E-state index contributed by atoms with van der Waals surface area (Å²) in [6, 6.07) is 13.4. The first kappa shape index (κ1) is 27.0. The van der Waals surface area contributed by atoms with Crippen molar-refractivity contribution in [2.75, 3.05) is 13.1 Å². The van der Waals surface area contributed by atoms with Gasteiger partial charge in [-0.3, -0.25) is 24.5 Å². The van der Waals surface area contributed by atoms with Crippen LogP contribution < -0.4 is 0 Å². The molecule has 6 rings (SSSR count). The molecule has 12 heteroatoms. The molecule has 1 N–H and O–H groups in total. The van der Waals surface area contributed by atoms with Crippen LogP contribution in [0.15, 0.2) is 60.9 Å². The third-order valence-electron chi connectivity index (χ3n) is 8.29. The molecular weight excluding hydrogens is 539 g/mol. The van der Waals surface area contributed by atoms with E-state index in [1.54, 1.807) is 21.9 Å². The Morgan fingerprint density at radius 3 is 2.54 bits per heavy atom. The second-order valence-corrected chi connectivity index (χ2v) is 11.0. The van der Waals surface area contributed by atoms with Crippen LogP contribution in [0.25, 0.3) is 10.9 Å². The first-order valence-electron chi connectivity index (χ1n) is 13.4. The van der Waals surface area contributed by atoms with Crippen molar-refractivity contribution in [3.63, 3.8) is 0 Å². The number of aromatic nitrogens is 3. The second-order valence-electron chi connectivity index (χ2n) is 11.0. The van der Waals surface area contributed by atoms with Gasteiger partial charge >= 0.3 is 12.1 Å². The molecule has 2 aromatic carbocycles. The Labute approximate surface area is 232 Å². The highest BCUT2D eigenvalue weighted by atomic mass is 19.4. The summed E-state index contributed by atoms with van der Waals surface area (Å²) in [5.74, 6) is -1.66. The van der Waals surface area contributed by atoms with Gasteiger partial charge < -0.3 is 9.67 Å². The van der Waals surface area contributed by atoms with E-state index in [0.29, 0.717) is 42.4 Å². The minimum atomic E-state index is -4.59. The SMILES string of the molecule is O=C(O)Cn1cc2c(n1)CCN(CC(c1cn(Cc3ccccc3)c3cc([N+](=O)[O-])ccc13)(C1CC1)C(F)(F)F)C2. The van der Waals surface area contributed by atoms with Gasteiger partial charge in [-0.25, -0.2) is 0 Å². The summed E-state index contributed by atoms with van der Waals surface area (Å²) in [6.45, 7) is 0.275. The van der Waals surface area contributed by atoms with Gasteiger partial charge in [0.2, 0.25) is 0 Å². The summed E-state index contributed by atoms with van der Waals surface area (Å²) in [5, 5.41) is 25.4. The molecule has 2 aromatic heterocycles. The van der Waals surface area contributed by atoms with Crippen molar-refractivity contribution in [2.45, 2.75) is 50.5 Å². The molecule has 4 aromatic rings. The van der Waals surface area contributed by atoms with Crippen molar-refractivity contribution >= 4 is 22.6 Å². The van der Waals surface area contributed by atoms with E-state index in [4.69, 9.17) is 5.11 Å². The van der Waals surface area contributed by atoms with Crippen molar-refractivity contribution in [1.29, 1.82) is 0 Å². The van der Waals surface area contributed by atoms with E-state index in [1.807, 2.05) is 30.3 Å². The molecule has 1 unspecified atom stereocenters. The Balaban J connectivity index is 1.44. The van der Waals surface area contributed by atoms with Crippen LogP contribution >= 0.6 is 0 Å². The van der Waals surface area contributed by atoms with Gasteiger partial charge in [0, 0.05) is 68.1 Å². The van der Waals surface area contributed by atoms with Crippen LogP contribution in [-0.4, -0.2) is 54.5 Å². The second kappa shape index (κ2) is 10.0. The fourth-order valence-corrected chi connectivity index (χ4v) is 6.28. The number of hydrogen-bond acceptors (Lipinski definition) is 5. The van der Waals surface area contributed by atoms with Gasteiger partial charge in [-0.05, 0) is 36.0 Å². The number of carboxylic acid groups (broad SMARTS) is 1. The third-order valence-corrected chi connectivity index (χ3v) is 8.29. The monoisotopic (exact) mass is 567 g/mol. The highest BCUT2D eigenvalue weighted by Crippen LogP contribution is 2.58. The molecule has 3 heterocycles. The Morgan fingerprint density at radius 2 is 1.88 bits per heavy atom. The summed E-state index contributed by atoms with van der Waals surface area (Å²) in [6.07, 6.45) is -0.139. The summed E-state index contributed by atoms with van der Waals surface area (Å²) < 4.78 is 49.5. The molecule has 1 fully saturated rings. The van der Waals surface area contributed by atoms with Crippen molar-refractivity contribution in [3.05, 3.63) is 93.4 Å². The first-order chi connectivity index (χ1) is 19.5. The van der Waals surface area contributed by atoms with Gasteiger partial charge in [0.15, 0.2) is 0 Å². The maximum Gasteiger partial charge on any atom is 0.400 e. The van der Waals surface area contributed by atoms with Crippen molar-refractivity contribution in [1.82, 2.24) is 19.2 Å². The summed E-state index contributed by atoms with van der Waals surface area (Å²) in [5.41, 5.74) is 0.474. The predicted octanol–water partition coefficient (Wildman–Crippen LogP) is 5.15. The molecule has 2 aliphatic rings. The van der Waals surface area contributed by atoms with Crippen LogP contribution in [0.3, 0.4) is 0 Å². The fraction of sp³-hybridized carbons (Fsp3) is 0.379. The molecule has 0 radical (unpaired) electrons. The summed E-state index contributed by atoms with van der Waals surface area (Å²) in [7, 11) is 0. The van der Waals surface area contributed by atoms with E-state index in [1.165, 1.54) is 22.9 Å². The summed E-state index contributed by atoms with van der Waals surface area (Å²) in [4.78, 5) is 24.0. The Morgan fingerprint density at radius 1 is 1.12 bits per heavy atom. The van der Waals surface area contributed by atoms with Gasteiger partial charge in [0.25, 0.3) is 5.69 Å². The number of carboxylic acids is 1. The predicted molar refractivity (Wildman–Crippen MR) is 143 cm³/mol. The number of aliphatic carboxylic acids is 1. The smallest absolute Gasteiger partial charge is 0.400 e. The number of nitro groups is 1. The maximum absolute atomic E-state index is 15.5. The number of nitro benzene ring substituents is 1. The van der Waals surface area contributed by atoms with Crippen LogP contribution in [0.2, 0.25) is 0 Å². The van der Waals surface area contributed by atoms with Gasteiger partial charge in [-0.2, -0.15) is 18.3 Å². The standard InChI is InChI=1S/C29H28F3N5O4/c30-29(31,32)28(21-6-7-21,18-34-11-10-25-20(14-34)15-36(33-25)17-27(38)39)24-16-35(13-19-4-2-1-3-5-19)26-12-22(37(40)41)8-9-23(24)26/h1-5,8-9,12,15-16,21H,6-7,10-11,13-14,17-18H2,(H,38,39). The minimum Gasteiger partial charge on any atom is -0.480 e. The molecule has 1 atom stereocenters. The van der Waals surface area contributed by atoms with E-state index in [9.17, 15) is 14.9 Å². The topological polar surface area (TPSA) is 106 Å². The number of rotatable bonds is 9. The van der Waals surface area contributed by atoms with E-state index < -0.39 is 28.4 Å². The van der Waals surface area contributed by atoms with Crippen LogP contribution in [0.4, 0.5) is 18.9 Å². The zero-order valence-electron chi connectivity index (χ0n) is 22.0. The molecule has 1 aliphatic heterocycles. The number of hydrogen-bond donors (Lipinski definition) is 1. The van der Waals surface area contributed by atoms with Crippen molar-refractivity contribution < 1.29 is 28.0 Å². The number of carbonyl (C=O) groups is 1. The highest BCUT2D eigenvalue weighted by molar-refractivity contribution is 5.87. The van der Waals surface area contributed by atoms with Crippen LogP contribution in [0.5, 0.6) is 0 Å². The lowest BCUT2D eigenvalue weighted by atomic mass is 9.74. The molecule has 0 saturated heterocycles. The quantitative estimate of drug-likeness (QED) is 0.222. The zero-order chi connectivity index (χ0) is 28.9. The van der Waals surface area contributed by atoms with E-state index >= 15 is 13.2 Å². The number of non-ortho nitro benzene ring substituents is 1. The highest BCUT2D eigenvalue weighted by Gasteiger charge is 2.64. The molecular formula is C29H28F3N5O4. The fourth-order valence-electron chi connectivity index (χ4n) is 6.28. The minimum absolute atomic E-state index is 0.140. The van der Waals surface area contributed by atoms with Gasteiger partial charge in [-0.1, -0.05) is 30.3 Å². The Kier molecular flexibility index (Phi) is 6.60. The number of nitrogens with zero attached hydrogens (tertiary/aromatic N) is 5. The van der Waals surface area contributed by atoms with Gasteiger partial charge in [-0.15, -0.1) is 0 Å². The lowest BCUT2D eigenvalue weighted by Crippen LogP contribution is -2.53. The average molecular weight is 568 g/mol. The number of fused-ring (bicyclic) bond motifs is 2. The maximum atomic E-state index is 15.5. The third kappa shape index (κ3) is 4.96. The van der Waals surface area contributed by atoms with E-state index in [0.717, 1.165) is 11.1 Å². The lowest BCUT2D eigenvalue weighted by molar-refractivity contribution is -0.384. The van der Waals surface area contributed by atoms with Crippen LogP contribution in [-0.2, 0) is 36.3 Å². The molecule has 0 bridgehead atoms. The molecule has 1 aliphatic carbocycles. The van der Waals surface area contributed by atoms with Crippen molar-refractivity contribution in [3.8, 4) is 0 Å². The van der Waals surface area contributed by atoms with E-state index in [-0.39, 0.29) is 37.4 Å². The van der Waals surface area contributed by atoms with Gasteiger partial charge in [0.05, 0.1) is 16.1 Å². The number of halogens is 3. The van der Waals surface area contributed by atoms with Crippen LogP contribution in [0.1, 0.15) is 35.2 Å². The molecule has 0 amide bonds.